The molecule has 0 radical (unpaired) electrons. The Hall–Kier alpha value is -2.53. The van der Waals surface area contributed by atoms with Crippen LogP contribution in [0.5, 0.6) is 11.5 Å². The molecule has 3 rings (SSSR count). The fourth-order valence-electron chi connectivity index (χ4n) is 4.83. The molecule has 0 atom stereocenters. The van der Waals surface area contributed by atoms with Crippen molar-refractivity contribution in [3.05, 3.63) is 53.6 Å². The van der Waals surface area contributed by atoms with Crippen LogP contribution in [0.2, 0.25) is 0 Å². The number of benzene rings is 2. The highest BCUT2D eigenvalue weighted by Gasteiger charge is 2.21. The summed E-state index contributed by atoms with van der Waals surface area (Å²) in [4.78, 5) is 17.8. The number of carbonyl (C=O) groups is 1. The molecule has 0 fully saturated rings. The zero-order valence-corrected chi connectivity index (χ0v) is 21.5. The van der Waals surface area contributed by atoms with Crippen LogP contribution in [0.1, 0.15) is 69.9 Å². The maximum atomic E-state index is 13.3. The molecule has 2 aromatic rings. The van der Waals surface area contributed by atoms with E-state index in [1.54, 1.807) is 14.2 Å². The Morgan fingerprint density at radius 1 is 0.882 bits per heavy atom. The largest absolute Gasteiger partial charge is 0.493 e. The second kappa shape index (κ2) is 13.4. The molecular formula is C29H42N2O3. The number of carbonyl (C=O) groups excluding carboxylic acids is 1. The first-order chi connectivity index (χ1) is 16.5. The molecule has 5 nitrogen and oxygen atoms in total. The molecule has 1 aliphatic heterocycles. The van der Waals surface area contributed by atoms with Gasteiger partial charge in [0.05, 0.1) is 14.2 Å². The van der Waals surface area contributed by atoms with Crippen LogP contribution in [0.4, 0.5) is 5.69 Å². The molecule has 2 aromatic carbocycles. The van der Waals surface area contributed by atoms with Crippen molar-refractivity contribution in [2.45, 2.75) is 71.9 Å². The third-order valence-corrected chi connectivity index (χ3v) is 6.54. The topological polar surface area (TPSA) is 42.0 Å². The van der Waals surface area contributed by atoms with Crippen LogP contribution in [-0.4, -0.2) is 38.1 Å². The van der Waals surface area contributed by atoms with Gasteiger partial charge in [-0.05, 0) is 43.0 Å². The first-order valence-electron chi connectivity index (χ1n) is 12.8. The Kier molecular flexibility index (Phi) is 10.3. The Morgan fingerprint density at radius 3 is 2.29 bits per heavy atom. The lowest BCUT2D eigenvalue weighted by atomic mass is 10.1. The molecule has 0 unspecified atom stereocenters. The zero-order chi connectivity index (χ0) is 24.3. The van der Waals surface area contributed by atoms with Crippen LogP contribution in [0, 0.1) is 5.92 Å². The van der Waals surface area contributed by atoms with E-state index >= 15 is 0 Å². The average molecular weight is 467 g/mol. The number of ether oxygens (including phenoxy) is 2. The molecule has 0 saturated heterocycles. The van der Waals surface area contributed by atoms with Gasteiger partial charge in [0.2, 0.25) is 5.91 Å². The van der Waals surface area contributed by atoms with E-state index in [1.807, 2.05) is 12.1 Å². The van der Waals surface area contributed by atoms with Crippen LogP contribution in [0.25, 0.3) is 0 Å². The van der Waals surface area contributed by atoms with E-state index in [1.165, 1.54) is 37.7 Å². The molecule has 1 amide bonds. The van der Waals surface area contributed by atoms with Gasteiger partial charge in [-0.2, -0.15) is 0 Å². The summed E-state index contributed by atoms with van der Waals surface area (Å²) in [7, 11) is 3.38. The maximum absolute atomic E-state index is 13.3. The van der Waals surface area contributed by atoms with Gasteiger partial charge in [0, 0.05) is 37.3 Å². The predicted molar refractivity (Wildman–Crippen MR) is 140 cm³/mol. The van der Waals surface area contributed by atoms with E-state index in [2.05, 4.69) is 54.0 Å². The van der Waals surface area contributed by atoms with E-state index in [-0.39, 0.29) is 5.91 Å². The normalized spacial score (nSPS) is 16.2. The molecule has 1 aliphatic rings. The molecule has 5 heteroatoms. The van der Waals surface area contributed by atoms with Gasteiger partial charge in [-0.3, -0.25) is 9.69 Å². The van der Waals surface area contributed by atoms with Crippen LogP contribution < -0.4 is 14.4 Å². The van der Waals surface area contributed by atoms with Gasteiger partial charge in [-0.1, -0.05) is 69.9 Å². The lowest BCUT2D eigenvalue weighted by Crippen LogP contribution is -2.34. The average Bonchev–Trinajstić information content (AvgIpc) is 2.84. The van der Waals surface area contributed by atoms with E-state index < -0.39 is 0 Å². The summed E-state index contributed by atoms with van der Waals surface area (Å²) in [6.45, 7) is 7.61. The van der Waals surface area contributed by atoms with Crippen LogP contribution in [-0.2, 0) is 17.9 Å². The van der Waals surface area contributed by atoms with Gasteiger partial charge < -0.3 is 14.4 Å². The van der Waals surface area contributed by atoms with Crippen LogP contribution in [0.15, 0.2) is 42.5 Å². The summed E-state index contributed by atoms with van der Waals surface area (Å²) in [5.74, 6) is 2.14. The second-order valence-electron chi connectivity index (χ2n) is 9.76. The van der Waals surface area contributed by atoms with Crippen molar-refractivity contribution in [1.82, 2.24) is 4.90 Å². The van der Waals surface area contributed by atoms with Gasteiger partial charge in [-0.15, -0.1) is 0 Å². The molecule has 0 aliphatic carbocycles. The SMILES string of the molecule is COc1cccc(CN2CCCCCCCCN(C(=O)CC(C)C)c3ccccc3C2)c1OC. The fraction of sp³-hybridized carbons (Fsp3) is 0.552. The number of amides is 1. The highest BCUT2D eigenvalue weighted by atomic mass is 16.5. The number of rotatable bonds is 6. The fourth-order valence-corrected chi connectivity index (χ4v) is 4.83. The van der Waals surface area contributed by atoms with Gasteiger partial charge in [0.25, 0.3) is 0 Å². The third-order valence-electron chi connectivity index (χ3n) is 6.54. The second-order valence-corrected chi connectivity index (χ2v) is 9.76. The first kappa shape index (κ1) is 26.1. The molecule has 1 heterocycles. The number of hydrogen-bond acceptors (Lipinski definition) is 4. The van der Waals surface area contributed by atoms with Gasteiger partial charge in [-0.25, -0.2) is 0 Å². The minimum Gasteiger partial charge on any atom is -0.493 e. The van der Waals surface area contributed by atoms with Gasteiger partial charge >= 0.3 is 0 Å². The highest BCUT2D eigenvalue weighted by molar-refractivity contribution is 5.94. The highest BCUT2D eigenvalue weighted by Crippen LogP contribution is 2.33. The Labute approximate surface area is 206 Å². The minimum absolute atomic E-state index is 0.235. The number of hydrogen-bond donors (Lipinski definition) is 0. The molecule has 34 heavy (non-hydrogen) atoms. The molecule has 0 spiro atoms. The number of fused-ring (bicyclic) bond motifs is 1. The van der Waals surface area contributed by atoms with Crippen molar-refractivity contribution in [3.8, 4) is 11.5 Å². The van der Waals surface area contributed by atoms with Crippen LogP contribution >= 0.6 is 0 Å². The number of nitrogens with zero attached hydrogens (tertiary/aromatic N) is 2. The molecule has 0 N–H and O–H groups in total. The first-order valence-corrected chi connectivity index (χ1v) is 12.8. The molecule has 186 valence electrons. The van der Waals surface area contributed by atoms with Gasteiger partial charge in [0.15, 0.2) is 11.5 Å². The van der Waals surface area contributed by atoms with Crippen molar-refractivity contribution in [2.75, 3.05) is 32.2 Å². The van der Waals surface area contributed by atoms with E-state index in [0.29, 0.717) is 12.3 Å². The summed E-state index contributed by atoms with van der Waals surface area (Å²) in [5.41, 5.74) is 3.40. The molecule has 0 aromatic heterocycles. The Morgan fingerprint density at radius 2 is 1.59 bits per heavy atom. The maximum Gasteiger partial charge on any atom is 0.227 e. The number of methoxy groups -OCH3 is 2. The van der Waals surface area contributed by atoms with E-state index in [4.69, 9.17) is 9.47 Å². The van der Waals surface area contributed by atoms with E-state index in [9.17, 15) is 4.79 Å². The lowest BCUT2D eigenvalue weighted by molar-refractivity contribution is -0.119. The van der Waals surface area contributed by atoms with E-state index in [0.717, 1.165) is 55.3 Å². The number of para-hydroxylation sites is 2. The molecule has 0 saturated carbocycles. The molecule has 0 bridgehead atoms. The predicted octanol–water partition coefficient (Wildman–Crippen LogP) is 6.44. The van der Waals surface area contributed by atoms with Crippen molar-refractivity contribution >= 4 is 11.6 Å². The molecular weight excluding hydrogens is 424 g/mol. The van der Waals surface area contributed by atoms with Crippen LogP contribution in [0.3, 0.4) is 0 Å². The van der Waals surface area contributed by atoms with Crippen molar-refractivity contribution in [3.63, 3.8) is 0 Å². The number of anilines is 1. The zero-order valence-electron chi connectivity index (χ0n) is 21.5. The Balaban J connectivity index is 1.93. The van der Waals surface area contributed by atoms with Crippen molar-refractivity contribution < 1.29 is 14.3 Å². The summed E-state index contributed by atoms with van der Waals surface area (Å²) >= 11 is 0. The monoisotopic (exact) mass is 466 g/mol. The summed E-state index contributed by atoms with van der Waals surface area (Å²) in [5, 5.41) is 0. The summed E-state index contributed by atoms with van der Waals surface area (Å²) < 4.78 is 11.2. The van der Waals surface area contributed by atoms with Gasteiger partial charge in [0.1, 0.15) is 0 Å². The van der Waals surface area contributed by atoms with Crippen molar-refractivity contribution in [2.24, 2.45) is 5.92 Å². The van der Waals surface area contributed by atoms with Crippen molar-refractivity contribution in [1.29, 1.82) is 0 Å². The summed E-state index contributed by atoms with van der Waals surface area (Å²) in [6, 6.07) is 14.5. The summed E-state index contributed by atoms with van der Waals surface area (Å²) in [6.07, 6.45) is 7.72. The smallest absolute Gasteiger partial charge is 0.227 e. The lowest BCUT2D eigenvalue weighted by Gasteiger charge is -2.29. The third kappa shape index (κ3) is 7.23. The Bertz CT molecular complexity index is 912. The quantitative estimate of drug-likeness (QED) is 0.491. The standard InChI is InChI=1S/C29H42N2O3/c1-23(2)20-28(32)31-19-12-8-6-5-7-11-18-30(21-24-14-9-10-16-26(24)31)22-25-15-13-17-27(33-3)29(25)34-4/h9-10,13-17,23H,5-8,11-12,18-22H2,1-4H3. The minimum atomic E-state index is 0.235.